The zero-order chi connectivity index (χ0) is 30.5. The maximum Gasteiger partial charge on any atom is 0.321 e. The lowest BCUT2D eigenvalue weighted by molar-refractivity contribution is 0.198. The van der Waals surface area contributed by atoms with Crippen molar-refractivity contribution in [1.29, 1.82) is 0 Å². The van der Waals surface area contributed by atoms with E-state index in [0.29, 0.717) is 42.2 Å². The Morgan fingerprint density at radius 3 is 2.07 bits per heavy atom. The van der Waals surface area contributed by atoms with Crippen LogP contribution in [0.2, 0.25) is 10.0 Å². The molecule has 4 amide bonds. The molecule has 0 heterocycles. The molecule has 0 bridgehead atoms. The number of benzene rings is 3. The van der Waals surface area contributed by atoms with Gasteiger partial charge in [0.1, 0.15) is 4.90 Å². The van der Waals surface area contributed by atoms with Crippen molar-refractivity contribution < 1.29 is 18.0 Å². The van der Waals surface area contributed by atoms with Crippen molar-refractivity contribution in [1.82, 2.24) is 14.9 Å². The second-order valence-corrected chi connectivity index (χ2v) is 12.8. The molecule has 0 saturated heterocycles. The molecule has 0 radical (unpaired) electrons. The van der Waals surface area contributed by atoms with Gasteiger partial charge in [0.2, 0.25) is 10.0 Å². The highest BCUT2D eigenvalue weighted by Gasteiger charge is 2.22. The number of hydrogen-bond acceptors (Lipinski definition) is 4. The number of rotatable bonds is 14. The summed E-state index contributed by atoms with van der Waals surface area (Å²) in [5.74, 6) is 0.264. The van der Waals surface area contributed by atoms with Crippen LogP contribution in [0.15, 0.2) is 83.8 Å². The number of nitrogens with one attached hydrogen (secondary N) is 4. The van der Waals surface area contributed by atoms with Gasteiger partial charge in [-0.2, -0.15) is 0 Å². The molecule has 3 rings (SSSR count). The van der Waals surface area contributed by atoms with Crippen LogP contribution >= 0.6 is 23.2 Å². The lowest BCUT2D eigenvalue weighted by Crippen LogP contribution is -2.49. The molecule has 0 saturated carbocycles. The number of para-hydroxylation sites is 2. The number of unbranched alkanes of at least 4 members (excludes halogenated alkanes) is 1. The molecule has 9 nitrogen and oxygen atoms in total. The fraction of sp³-hybridized carbons (Fsp3) is 0.333. The molecular formula is C30H37Cl2N5O4S. The quantitative estimate of drug-likeness (QED) is 0.146. The van der Waals surface area contributed by atoms with Crippen molar-refractivity contribution in [2.45, 2.75) is 44.0 Å². The highest BCUT2D eigenvalue weighted by atomic mass is 35.5. The van der Waals surface area contributed by atoms with Crippen molar-refractivity contribution in [3.8, 4) is 0 Å². The smallest absolute Gasteiger partial charge is 0.321 e. The minimum absolute atomic E-state index is 0.0405. The van der Waals surface area contributed by atoms with E-state index in [4.69, 9.17) is 23.2 Å². The third-order valence-corrected chi connectivity index (χ3v) is 8.39. The summed E-state index contributed by atoms with van der Waals surface area (Å²) in [6.07, 6.45) is 1.64. The van der Waals surface area contributed by atoms with E-state index in [1.165, 1.54) is 18.2 Å². The standard InChI is InChI=1S/C30H37Cl2N5O4S/c1-22(2)19-26(35-29(38)34-24-11-5-3-6-12-24)21-37(30(39)36-25-13-7-4-8-14-25)18-10-9-17-33-42(40,41)28-16-15-23(31)20-27(28)32/h3-8,11-16,20,22,26,33H,9-10,17-19,21H2,1-2H3,(H,36,39)(H2,34,35,38)/t26-/m1/s1. The van der Waals surface area contributed by atoms with Gasteiger partial charge in [-0.1, -0.05) is 73.4 Å². The van der Waals surface area contributed by atoms with Gasteiger partial charge in [-0.3, -0.25) is 0 Å². The van der Waals surface area contributed by atoms with E-state index in [1.54, 1.807) is 29.2 Å². The summed E-state index contributed by atoms with van der Waals surface area (Å²) < 4.78 is 27.9. The van der Waals surface area contributed by atoms with E-state index in [-0.39, 0.29) is 47.0 Å². The zero-order valence-corrected chi connectivity index (χ0v) is 26.0. The summed E-state index contributed by atoms with van der Waals surface area (Å²) in [5.41, 5.74) is 1.31. The average Bonchev–Trinajstić information content (AvgIpc) is 2.92. The normalized spacial score (nSPS) is 12.0. The Morgan fingerprint density at radius 1 is 0.857 bits per heavy atom. The van der Waals surface area contributed by atoms with Crippen LogP contribution in [-0.4, -0.2) is 51.1 Å². The van der Waals surface area contributed by atoms with Crippen molar-refractivity contribution in [2.24, 2.45) is 5.92 Å². The fourth-order valence-corrected chi connectivity index (χ4v) is 6.14. The molecule has 42 heavy (non-hydrogen) atoms. The van der Waals surface area contributed by atoms with Crippen LogP contribution in [0.5, 0.6) is 0 Å². The van der Waals surface area contributed by atoms with E-state index < -0.39 is 10.0 Å². The number of urea groups is 2. The van der Waals surface area contributed by atoms with Crippen LogP contribution in [0, 0.1) is 5.92 Å². The largest absolute Gasteiger partial charge is 0.333 e. The molecule has 12 heteroatoms. The van der Waals surface area contributed by atoms with Crippen molar-refractivity contribution in [3.05, 3.63) is 88.9 Å². The molecule has 0 spiro atoms. The third-order valence-electron chi connectivity index (χ3n) is 6.21. The van der Waals surface area contributed by atoms with Crippen molar-refractivity contribution >= 4 is 56.7 Å². The van der Waals surface area contributed by atoms with Crippen LogP contribution in [0.3, 0.4) is 0 Å². The topological polar surface area (TPSA) is 120 Å². The van der Waals surface area contributed by atoms with Crippen LogP contribution in [0.1, 0.15) is 33.1 Å². The maximum absolute atomic E-state index is 13.3. The second-order valence-electron chi connectivity index (χ2n) is 10.2. The van der Waals surface area contributed by atoms with E-state index in [2.05, 4.69) is 34.5 Å². The second kappa shape index (κ2) is 16.4. The number of carbonyl (C=O) groups excluding carboxylic acids is 2. The number of anilines is 2. The molecule has 0 fully saturated rings. The van der Waals surface area contributed by atoms with Gasteiger partial charge < -0.3 is 20.9 Å². The summed E-state index contributed by atoms with van der Waals surface area (Å²) in [7, 11) is -3.83. The predicted molar refractivity (Wildman–Crippen MR) is 170 cm³/mol. The molecule has 0 aliphatic carbocycles. The Hall–Kier alpha value is -3.31. The van der Waals surface area contributed by atoms with Gasteiger partial charge in [-0.15, -0.1) is 0 Å². The summed E-state index contributed by atoms with van der Waals surface area (Å²) in [4.78, 5) is 27.7. The first-order valence-corrected chi connectivity index (χ1v) is 16.0. The Labute approximate surface area is 258 Å². The van der Waals surface area contributed by atoms with Gasteiger partial charge in [0, 0.05) is 42.1 Å². The monoisotopic (exact) mass is 633 g/mol. The van der Waals surface area contributed by atoms with Crippen LogP contribution in [0.4, 0.5) is 21.0 Å². The molecule has 4 N–H and O–H groups in total. The number of sulfonamides is 1. The van der Waals surface area contributed by atoms with Crippen molar-refractivity contribution in [2.75, 3.05) is 30.3 Å². The number of nitrogens with zero attached hydrogens (tertiary/aromatic N) is 1. The van der Waals surface area contributed by atoms with Gasteiger partial charge in [-0.25, -0.2) is 22.7 Å². The van der Waals surface area contributed by atoms with E-state index in [0.717, 1.165) is 0 Å². The molecule has 0 unspecified atom stereocenters. The molecular weight excluding hydrogens is 597 g/mol. The molecule has 3 aromatic carbocycles. The molecule has 0 aliphatic rings. The van der Waals surface area contributed by atoms with Crippen LogP contribution in [-0.2, 0) is 10.0 Å². The number of hydrogen-bond donors (Lipinski definition) is 4. The van der Waals surface area contributed by atoms with Crippen LogP contribution < -0.4 is 20.7 Å². The highest BCUT2D eigenvalue weighted by Crippen LogP contribution is 2.24. The Bertz CT molecular complexity index is 1410. The minimum Gasteiger partial charge on any atom is -0.333 e. The van der Waals surface area contributed by atoms with Crippen molar-refractivity contribution in [3.63, 3.8) is 0 Å². The average molecular weight is 635 g/mol. The molecule has 1 atom stereocenters. The van der Waals surface area contributed by atoms with Gasteiger partial charge in [-0.05, 0) is 67.6 Å². The van der Waals surface area contributed by atoms with E-state index in [1.807, 2.05) is 36.4 Å². The minimum atomic E-state index is -3.83. The zero-order valence-electron chi connectivity index (χ0n) is 23.6. The first-order chi connectivity index (χ1) is 20.0. The summed E-state index contributed by atoms with van der Waals surface area (Å²) in [6.45, 7) is 4.88. The molecule has 226 valence electrons. The summed E-state index contributed by atoms with van der Waals surface area (Å²) >= 11 is 12.0. The molecule has 0 aliphatic heterocycles. The van der Waals surface area contributed by atoms with E-state index >= 15 is 0 Å². The highest BCUT2D eigenvalue weighted by molar-refractivity contribution is 7.89. The fourth-order valence-electron chi connectivity index (χ4n) is 4.29. The number of halogens is 2. The van der Waals surface area contributed by atoms with Crippen LogP contribution in [0.25, 0.3) is 0 Å². The Kier molecular flexibility index (Phi) is 12.9. The van der Waals surface area contributed by atoms with E-state index in [9.17, 15) is 18.0 Å². The first kappa shape index (κ1) is 33.2. The van der Waals surface area contributed by atoms with Gasteiger partial charge >= 0.3 is 12.1 Å². The summed E-state index contributed by atoms with van der Waals surface area (Å²) in [5, 5.41) is 9.14. The number of carbonyl (C=O) groups is 2. The lowest BCUT2D eigenvalue weighted by Gasteiger charge is -2.29. The first-order valence-electron chi connectivity index (χ1n) is 13.7. The lowest BCUT2D eigenvalue weighted by atomic mass is 10.0. The van der Waals surface area contributed by atoms with Gasteiger partial charge in [0.25, 0.3) is 0 Å². The predicted octanol–water partition coefficient (Wildman–Crippen LogP) is 6.82. The Balaban J connectivity index is 1.64. The van der Waals surface area contributed by atoms with Gasteiger partial charge in [0.15, 0.2) is 0 Å². The summed E-state index contributed by atoms with van der Waals surface area (Å²) in [6, 6.07) is 21.5. The third kappa shape index (κ3) is 11.2. The Morgan fingerprint density at radius 2 is 1.48 bits per heavy atom. The maximum atomic E-state index is 13.3. The molecule has 3 aromatic rings. The SMILES string of the molecule is CC(C)C[C@H](CN(CCCCNS(=O)(=O)c1ccc(Cl)cc1Cl)C(=O)Nc1ccccc1)NC(=O)Nc1ccccc1. The van der Waals surface area contributed by atoms with Gasteiger partial charge in [0.05, 0.1) is 5.02 Å². The molecule has 0 aromatic heterocycles. The number of amides is 4.